The van der Waals surface area contributed by atoms with Crippen LogP contribution in [0.15, 0.2) is 0 Å². The van der Waals surface area contributed by atoms with E-state index in [0.29, 0.717) is 0 Å². The second-order valence-corrected chi connectivity index (χ2v) is 2.95. The van der Waals surface area contributed by atoms with Crippen LogP contribution in [0.25, 0.3) is 0 Å². The zero-order valence-electron chi connectivity index (χ0n) is 3.18. The molecule has 0 rings (SSSR count). The van der Waals surface area contributed by atoms with Gasteiger partial charge in [0.05, 0.1) is 4.71 Å². The van der Waals surface area contributed by atoms with E-state index < -0.39 is 15.8 Å². The largest absolute Gasteiger partial charge is 0.771 e. The maximum Gasteiger partial charge on any atom is 0.0927 e. The van der Waals surface area contributed by atoms with Gasteiger partial charge in [-0.05, 0) is 18.0 Å². The molecule has 0 bridgehead atoms. The molecule has 0 saturated heterocycles. The van der Waals surface area contributed by atoms with Crippen molar-refractivity contribution in [3.05, 3.63) is 0 Å². The van der Waals surface area contributed by atoms with Crippen LogP contribution in [-0.4, -0.2) is 13.5 Å². The molecule has 0 fully saturated rings. The predicted octanol–water partition coefficient (Wildman–Crippen LogP) is 0.450. The van der Waals surface area contributed by atoms with Gasteiger partial charge in [-0.15, -0.1) is 11.6 Å². The van der Waals surface area contributed by atoms with Gasteiger partial charge in [0, 0.05) is 0 Å². The van der Waals surface area contributed by atoms with Gasteiger partial charge in [0.15, 0.2) is 0 Å². The minimum Gasteiger partial charge on any atom is -0.771 e. The van der Waals surface area contributed by atoms with Crippen molar-refractivity contribution in [1.82, 2.24) is 0 Å². The third kappa shape index (κ3) is 2.63. The molecule has 0 aliphatic rings. The van der Waals surface area contributed by atoms with E-state index in [9.17, 15) is 8.76 Å². The summed E-state index contributed by atoms with van der Waals surface area (Å²) in [4.78, 5) is 0. The maximum atomic E-state index is 9.57. The Morgan fingerprint density at radius 1 is 2.00 bits per heavy atom. The molecule has 2 atom stereocenters. The van der Waals surface area contributed by atoms with Crippen LogP contribution in [0.5, 0.6) is 0 Å². The lowest BCUT2D eigenvalue weighted by Gasteiger charge is -2.03. The Morgan fingerprint density at radius 3 is 2.17 bits per heavy atom. The summed E-state index contributed by atoms with van der Waals surface area (Å²) in [5, 5.41) is 0. The molecule has 0 aliphatic heterocycles. The fourth-order valence-electron chi connectivity index (χ4n) is 0. The Bertz CT molecular complexity index is 62.6. The summed E-state index contributed by atoms with van der Waals surface area (Å²) in [7, 11) is 0. The molecular formula is C2H4ClO2S-. The van der Waals surface area contributed by atoms with Crippen molar-refractivity contribution in [2.24, 2.45) is 0 Å². The molecule has 0 aromatic carbocycles. The Morgan fingerprint density at radius 2 is 2.17 bits per heavy atom. The van der Waals surface area contributed by atoms with E-state index in [1.807, 2.05) is 0 Å². The highest BCUT2D eigenvalue weighted by atomic mass is 35.5. The average Bonchev–Trinajstić information content (AvgIpc) is 1.36. The molecule has 0 N–H and O–H groups in total. The van der Waals surface area contributed by atoms with Gasteiger partial charge in [-0.1, -0.05) is 0 Å². The summed E-state index contributed by atoms with van der Waals surface area (Å²) in [6.45, 7) is 1.39. The first kappa shape index (κ1) is 6.40. The van der Waals surface area contributed by atoms with Gasteiger partial charge < -0.3 is 4.55 Å². The minimum atomic E-state index is -2.10. The quantitative estimate of drug-likeness (QED) is 0.379. The number of halogens is 1. The first-order chi connectivity index (χ1) is 2.64. The summed E-state index contributed by atoms with van der Waals surface area (Å²) in [6, 6.07) is 0. The van der Waals surface area contributed by atoms with Crippen LogP contribution in [-0.2, 0) is 11.1 Å². The summed E-state index contributed by atoms with van der Waals surface area (Å²) in [6.07, 6.45) is 0. The minimum absolute atomic E-state index is 0.759. The summed E-state index contributed by atoms with van der Waals surface area (Å²) < 4.78 is 18.4. The molecule has 4 heteroatoms. The van der Waals surface area contributed by atoms with Crippen molar-refractivity contribution >= 4 is 22.7 Å². The van der Waals surface area contributed by atoms with E-state index in [1.165, 1.54) is 6.92 Å². The fourth-order valence-corrected chi connectivity index (χ4v) is 0. The molecule has 0 radical (unpaired) electrons. The van der Waals surface area contributed by atoms with Gasteiger partial charge in [0.2, 0.25) is 0 Å². The number of hydrogen-bond acceptors (Lipinski definition) is 2. The average molecular weight is 128 g/mol. The topological polar surface area (TPSA) is 40.1 Å². The molecule has 6 heavy (non-hydrogen) atoms. The van der Waals surface area contributed by atoms with Crippen LogP contribution in [0, 0.1) is 0 Å². The molecule has 0 amide bonds. The molecule has 0 aromatic rings. The van der Waals surface area contributed by atoms with Crippen LogP contribution in [0.1, 0.15) is 6.92 Å². The van der Waals surface area contributed by atoms with Crippen LogP contribution in [0.4, 0.5) is 0 Å². The van der Waals surface area contributed by atoms with Gasteiger partial charge in [-0.25, -0.2) is 0 Å². The molecule has 0 heterocycles. The first-order valence-electron chi connectivity index (χ1n) is 1.36. The van der Waals surface area contributed by atoms with Crippen LogP contribution in [0.2, 0.25) is 0 Å². The monoisotopic (exact) mass is 127 g/mol. The SMILES string of the molecule is CC(Cl)S(=O)[O-]. The number of hydrogen-bond donors (Lipinski definition) is 0. The Balaban J connectivity index is 3.26. The number of alkyl halides is 1. The van der Waals surface area contributed by atoms with Crippen molar-refractivity contribution in [1.29, 1.82) is 0 Å². The lowest BCUT2D eigenvalue weighted by atomic mass is 11.0. The summed E-state index contributed by atoms with van der Waals surface area (Å²) in [5.74, 6) is 0. The Hall–Kier alpha value is 0.400. The second-order valence-electron chi connectivity index (χ2n) is 0.803. The van der Waals surface area contributed by atoms with Crippen LogP contribution < -0.4 is 0 Å². The van der Waals surface area contributed by atoms with Gasteiger partial charge in [-0.2, -0.15) is 0 Å². The van der Waals surface area contributed by atoms with E-state index >= 15 is 0 Å². The lowest BCUT2D eigenvalue weighted by Crippen LogP contribution is -1.98. The van der Waals surface area contributed by atoms with E-state index in [-0.39, 0.29) is 0 Å². The number of rotatable bonds is 1. The van der Waals surface area contributed by atoms with E-state index in [2.05, 4.69) is 0 Å². The zero-order valence-corrected chi connectivity index (χ0v) is 4.75. The molecule has 0 saturated carbocycles. The molecule has 2 unspecified atom stereocenters. The normalized spacial score (nSPS) is 19.8. The van der Waals surface area contributed by atoms with Crippen molar-refractivity contribution in [2.45, 2.75) is 11.6 Å². The third-order valence-corrected chi connectivity index (χ3v) is 1.23. The lowest BCUT2D eigenvalue weighted by molar-refractivity contribution is 0.535. The van der Waals surface area contributed by atoms with E-state index in [4.69, 9.17) is 11.6 Å². The third-order valence-electron chi connectivity index (χ3n) is 0.265. The van der Waals surface area contributed by atoms with Crippen molar-refractivity contribution < 1.29 is 8.76 Å². The maximum absolute atomic E-state index is 9.57. The Labute approximate surface area is 43.8 Å². The highest BCUT2D eigenvalue weighted by molar-refractivity contribution is 7.81. The van der Waals surface area contributed by atoms with E-state index in [1.54, 1.807) is 0 Å². The van der Waals surface area contributed by atoms with Gasteiger partial charge >= 0.3 is 0 Å². The summed E-state index contributed by atoms with van der Waals surface area (Å²) >= 11 is 2.90. The Kier molecular flexibility index (Phi) is 2.72. The molecule has 0 spiro atoms. The molecule has 0 aromatic heterocycles. The molecule has 0 aliphatic carbocycles. The predicted molar refractivity (Wildman–Crippen MR) is 24.2 cm³/mol. The van der Waals surface area contributed by atoms with E-state index in [0.717, 1.165) is 0 Å². The zero-order chi connectivity index (χ0) is 5.15. The second kappa shape index (κ2) is 2.55. The fraction of sp³-hybridized carbons (Fsp3) is 1.00. The van der Waals surface area contributed by atoms with Gasteiger partial charge in [0.1, 0.15) is 0 Å². The van der Waals surface area contributed by atoms with Crippen molar-refractivity contribution in [3.63, 3.8) is 0 Å². The van der Waals surface area contributed by atoms with Crippen LogP contribution in [0.3, 0.4) is 0 Å². The summed E-state index contributed by atoms with van der Waals surface area (Å²) in [5.41, 5.74) is 0. The standard InChI is InChI=1S/C2H5ClO2S/c1-2(3)6(4)5/h2H,1H3,(H,4,5)/p-1. The molecule has 38 valence electrons. The smallest absolute Gasteiger partial charge is 0.0927 e. The molecular weight excluding hydrogens is 124 g/mol. The van der Waals surface area contributed by atoms with Crippen LogP contribution >= 0.6 is 11.6 Å². The molecule has 2 nitrogen and oxygen atoms in total. The first-order valence-corrected chi connectivity index (χ1v) is 2.94. The van der Waals surface area contributed by atoms with Gasteiger partial charge in [0.25, 0.3) is 0 Å². The van der Waals surface area contributed by atoms with Gasteiger partial charge in [-0.3, -0.25) is 4.21 Å². The highest BCUT2D eigenvalue weighted by Gasteiger charge is 1.88. The highest BCUT2D eigenvalue weighted by Crippen LogP contribution is 1.94. The van der Waals surface area contributed by atoms with Crippen molar-refractivity contribution in [2.75, 3.05) is 0 Å². The van der Waals surface area contributed by atoms with Crippen molar-refractivity contribution in [3.8, 4) is 0 Å².